The first-order chi connectivity index (χ1) is 6.06. The highest BCUT2D eigenvalue weighted by atomic mass is 35.5. The molecule has 0 fully saturated rings. The second-order valence-corrected chi connectivity index (χ2v) is 2.73. The van der Waals surface area contributed by atoms with E-state index >= 15 is 0 Å². The van der Waals surface area contributed by atoms with Gasteiger partial charge in [-0.1, -0.05) is 11.6 Å². The minimum atomic E-state index is -2.82. The van der Waals surface area contributed by atoms with Gasteiger partial charge in [-0.25, -0.2) is 8.78 Å². The SMILES string of the molecule is O=c1[nH]c(CO)cc(C(F)F)c1Cl. The van der Waals surface area contributed by atoms with E-state index in [9.17, 15) is 13.6 Å². The van der Waals surface area contributed by atoms with Crippen LogP contribution in [0.3, 0.4) is 0 Å². The van der Waals surface area contributed by atoms with E-state index in [0.717, 1.165) is 6.07 Å². The van der Waals surface area contributed by atoms with Gasteiger partial charge in [0.1, 0.15) is 5.02 Å². The van der Waals surface area contributed by atoms with Crippen LogP contribution in [0.15, 0.2) is 10.9 Å². The lowest BCUT2D eigenvalue weighted by Crippen LogP contribution is -2.12. The summed E-state index contributed by atoms with van der Waals surface area (Å²) in [5, 5.41) is 8.07. The Labute approximate surface area is 77.0 Å². The van der Waals surface area contributed by atoms with Gasteiger partial charge in [0, 0.05) is 11.3 Å². The number of rotatable bonds is 2. The van der Waals surface area contributed by atoms with Gasteiger partial charge in [-0.15, -0.1) is 0 Å². The van der Waals surface area contributed by atoms with Gasteiger partial charge < -0.3 is 10.1 Å². The Morgan fingerprint density at radius 3 is 2.69 bits per heavy atom. The van der Waals surface area contributed by atoms with Crippen molar-refractivity contribution in [2.24, 2.45) is 0 Å². The molecule has 6 heteroatoms. The lowest BCUT2D eigenvalue weighted by atomic mass is 10.2. The molecule has 0 spiro atoms. The summed E-state index contributed by atoms with van der Waals surface area (Å²) in [6, 6.07) is 0.967. The summed E-state index contributed by atoms with van der Waals surface area (Å²) >= 11 is 5.31. The van der Waals surface area contributed by atoms with Gasteiger partial charge in [-0.3, -0.25) is 4.79 Å². The highest BCUT2D eigenvalue weighted by Crippen LogP contribution is 2.24. The zero-order valence-corrected chi connectivity index (χ0v) is 7.11. The largest absolute Gasteiger partial charge is 0.390 e. The molecule has 2 N–H and O–H groups in total. The van der Waals surface area contributed by atoms with Crippen molar-refractivity contribution in [1.82, 2.24) is 4.98 Å². The number of aliphatic hydroxyl groups excluding tert-OH is 1. The van der Waals surface area contributed by atoms with Crippen molar-refractivity contribution in [3.05, 3.63) is 32.7 Å². The highest BCUT2D eigenvalue weighted by molar-refractivity contribution is 6.31. The molecule has 1 aromatic rings. The average molecular weight is 210 g/mol. The molecule has 0 saturated carbocycles. The normalized spacial score (nSPS) is 10.8. The third kappa shape index (κ3) is 2.05. The Bertz CT molecular complexity index is 364. The van der Waals surface area contributed by atoms with Gasteiger partial charge >= 0.3 is 0 Å². The van der Waals surface area contributed by atoms with E-state index in [2.05, 4.69) is 4.98 Å². The summed E-state index contributed by atoms with van der Waals surface area (Å²) in [4.78, 5) is 13.0. The molecule has 0 aliphatic carbocycles. The number of alkyl halides is 2. The molecule has 0 aliphatic rings. The van der Waals surface area contributed by atoms with E-state index < -0.39 is 29.2 Å². The monoisotopic (exact) mass is 209 g/mol. The number of hydrogen-bond donors (Lipinski definition) is 2. The van der Waals surface area contributed by atoms with Gasteiger partial charge in [0.05, 0.1) is 6.61 Å². The molecule has 0 radical (unpaired) electrons. The first-order valence-corrected chi connectivity index (χ1v) is 3.74. The van der Waals surface area contributed by atoms with Crippen LogP contribution in [0.2, 0.25) is 5.02 Å². The van der Waals surface area contributed by atoms with Crippen molar-refractivity contribution < 1.29 is 13.9 Å². The van der Waals surface area contributed by atoms with E-state index in [4.69, 9.17) is 16.7 Å². The van der Waals surface area contributed by atoms with Crippen LogP contribution in [0.25, 0.3) is 0 Å². The maximum atomic E-state index is 12.2. The zero-order valence-electron chi connectivity index (χ0n) is 6.35. The summed E-state index contributed by atoms with van der Waals surface area (Å²) < 4.78 is 24.4. The summed E-state index contributed by atoms with van der Waals surface area (Å²) in [5.41, 5.74) is -1.36. The van der Waals surface area contributed by atoms with Crippen molar-refractivity contribution in [3.63, 3.8) is 0 Å². The lowest BCUT2D eigenvalue weighted by molar-refractivity contribution is 0.151. The van der Waals surface area contributed by atoms with Crippen LogP contribution in [-0.2, 0) is 6.61 Å². The number of H-pyrrole nitrogens is 1. The number of aromatic nitrogens is 1. The Hall–Kier alpha value is -0.940. The maximum Gasteiger partial charge on any atom is 0.267 e. The van der Waals surface area contributed by atoms with Gasteiger partial charge in [-0.05, 0) is 6.07 Å². The maximum absolute atomic E-state index is 12.2. The van der Waals surface area contributed by atoms with Gasteiger partial charge in [0.2, 0.25) is 0 Å². The van der Waals surface area contributed by atoms with Crippen LogP contribution >= 0.6 is 11.6 Å². The highest BCUT2D eigenvalue weighted by Gasteiger charge is 2.15. The predicted molar refractivity (Wildman–Crippen MR) is 43.0 cm³/mol. The molecule has 1 heterocycles. The molecule has 0 amide bonds. The average Bonchev–Trinajstić information content (AvgIpc) is 2.09. The second kappa shape index (κ2) is 3.85. The molecule has 0 aliphatic heterocycles. The number of aliphatic hydroxyl groups is 1. The van der Waals surface area contributed by atoms with Crippen LogP contribution < -0.4 is 5.56 Å². The van der Waals surface area contributed by atoms with E-state index in [0.29, 0.717) is 0 Å². The van der Waals surface area contributed by atoms with Crippen molar-refractivity contribution in [2.75, 3.05) is 0 Å². The molecule has 1 aromatic heterocycles. The number of aromatic amines is 1. The first-order valence-electron chi connectivity index (χ1n) is 3.37. The van der Waals surface area contributed by atoms with Crippen molar-refractivity contribution >= 4 is 11.6 Å². The summed E-state index contributed by atoms with van der Waals surface area (Å²) in [5.74, 6) is 0. The summed E-state index contributed by atoms with van der Waals surface area (Å²) in [6.45, 7) is -0.508. The Morgan fingerprint density at radius 2 is 2.23 bits per heavy atom. The molecule has 1 rings (SSSR count). The fourth-order valence-corrected chi connectivity index (χ4v) is 1.05. The molecule has 0 aromatic carbocycles. The fraction of sp³-hybridized carbons (Fsp3) is 0.286. The molecule has 0 unspecified atom stereocenters. The predicted octanol–water partition coefficient (Wildman–Crippen LogP) is 1.46. The van der Waals surface area contributed by atoms with E-state index in [-0.39, 0.29) is 5.69 Å². The van der Waals surface area contributed by atoms with E-state index in [1.807, 2.05) is 0 Å². The first kappa shape index (κ1) is 10.1. The smallest absolute Gasteiger partial charge is 0.267 e. The molecule has 0 saturated heterocycles. The molecular formula is C7H6ClF2NO2. The van der Waals surface area contributed by atoms with Gasteiger partial charge in [0.25, 0.3) is 12.0 Å². The Balaban J connectivity index is 3.33. The minimum Gasteiger partial charge on any atom is -0.390 e. The second-order valence-electron chi connectivity index (χ2n) is 2.35. The van der Waals surface area contributed by atoms with Crippen molar-refractivity contribution in [1.29, 1.82) is 0 Å². The third-order valence-electron chi connectivity index (χ3n) is 1.46. The van der Waals surface area contributed by atoms with Crippen LogP contribution in [0.4, 0.5) is 8.78 Å². The van der Waals surface area contributed by atoms with Gasteiger partial charge in [0.15, 0.2) is 0 Å². The van der Waals surface area contributed by atoms with Crippen LogP contribution in [0.1, 0.15) is 17.7 Å². The standard InChI is InChI=1S/C7H6ClF2NO2/c8-5-4(6(9)10)1-3(2-12)11-7(5)13/h1,6,12H,2H2,(H,11,13). The fourth-order valence-electron chi connectivity index (χ4n) is 0.863. The summed E-state index contributed by atoms with van der Waals surface area (Å²) in [7, 11) is 0. The van der Waals surface area contributed by atoms with Crippen LogP contribution in [0, 0.1) is 0 Å². The summed E-state index contributed by atoms with van der Waals surface area (Å²) in [6.07, 6.45) is -2.82. The van der Waals surface area contributed by atoms with E-state index in [1.165, 1.54) is 0 Å². The van der Waals surface area contributed by atoms with E-state index in [1.54, 1.807) is 0 Å². The van der Waals surface area contributed by atoms with Crippen molar-refractivity contribution in [2.45, 2.75) is 13.0 Å². The molecular weight excluding hydrogens is 204 g/mol. The number of nitrogens with one attached hydrogen (secondary N) is 1. The topological polar surface area (TPSA) is 53.1 Å². The van der Waals surface area contributed by atoms with Gasteiger partial charge in [-0.2, -0.15) is 0 Å². The number of halogens is 3. The Morgan fingerprint density at radius 1 is 1.62 bits per heavy atom. The molecule has 3 nitrogen and oxygen atoms in total. The zero-order chi connectivity index (χ0) is 10.0. The quantitative estimate of drug-likeness (QED) is 0.775. The minimum absolute atomic E-state index is 0.0182. The number of hydrogen-bond acceptors (Lipinski definition) is 2. The lowest BCUT2D eigenvalue weighted by Gasteiger charge is -2.03. The molecule has 0 bridgehead atoms. The third-order valence-corrected chi connectivity index (χ3v) is 1.85. The van der Waals surface area contributed by atoms with Crippen molar-refractivity contribution in [3.8, 4) is 0 Å². The number of pyridine rings is 1. The molecule has 72 valence electrons. The van der Waals surface area contributed by atoms with Crippen LogP contribution in [-0.4, -0.2) is 10.1 Å². The Kier molecular flexibility index (Phi) is 3.00. The van der Waals surface area contributed by atoms with Crippen LogP contribution in [0.5, 0.6) is 0 Å². The molecule has 13 heavy (non-hydrogen) atoms. The molecule has 0 atom stereocenters.